The van der Waals surface area contributed by atoms with Crippen molar-refractivity contribution in [2.75, 3.05) is 13.6 Å². The maximum absolute atomic E-state index is 9.37. The van der Waals surface area contributed by atoms with Crippen molar-refractivity contribution in [2.24, 2.45) is 11.8 Å². The van der Waals surface area contributed by atoms with E-state index in [1.807, 2.05) is 6.92 Å². The Bertz CT molecular complexity index is 307. The smallest absolute Gasteiger partial charge is 0.105 e. The second-order valence-electron chi connectivity index (χ2n) is 6.71. The van der Waals surface area contributed by atoms with Gasteiger partial charge in [-0.1, -0.05) is 6.92 Å². The summed E-state index contributed by atoms with van der Waals surface area (Å²) in [6.07, 6.45) is 2.25. The lowest BCUT2D eigenvalue weighted by Crippen LogP contribution is -2.49. The lowest BCUT2D eigenvalue weighted by atomic mass is 9.93. The van der Waals surface area contributed by atoms with Crippen LogP contribution in [0.5, 0.6) is 0 Å². The predicted octanol–water partition coefficient (Wildman–Crippen LogP) is 2.63. The van der Waals surface area contributed by atoms with Gasteiger partial charge in [-0.15, -0.1) is 0 Å². The van der Waals surface area contributed by atoms with Gasteiger partial charge in [0.2, 0.25) is 0 Å². The highest BCUT2D eigenvalue weighted by Gasteiger charge is 2.35. The van der Waals surface area contributed by atoms with Gasteiger partial charge in [0.1, 0.15) is 5.54 Å². The van der Waals surface area contributed by atoms with Crippen LogP contribution in [0.1, 0.15) is 47.5 Å². The largest absolute Gasteiger partial charge is 0.303 e. The lowest BCUT2D eigenvalue weighted by Gasteiger charge is -2.33. The zero-order valence-electron chi connectivity index (χ0n) is 12.8. The number of nitrogens with one attached hydrogen (secondary N) is 1. The number of rotatable bonds is 7. The van der Waals surface area contributed by atoms with Gasteiger partial charge in [0.25, 0.3) is 0 Å². The van der Waals surface area contributed by atoms with Gasteiger partial charge in [-0.3, -0.25) is 5.32 Å². The molecule has 1 saturated carbocycles. The number of hydrogen-bond donors (Lipinski definition) is 1. The second kappa shape index (κ2) is 6.04. The van der Waals surface area contributed by atoms with E-state index in [1.54, 1.807) is 0 Å². The molecule has 1 aliphatic rings. The van der Waals surface area contributed by atoms with E-state index in [1.165, 1.54) is 13.0 Å². The van der Waals surface area contributed by atoms with Crippen molar-refractivity contribution in [2.45, 2.75) is 65.1 Å². The molecule has 0 amide bonds. The Morgan fingerprint density at radius 2 is 2.00 bits per heavy atom. The molecule has 1 fully saturated rings. The molecule has 18 heavy (non-hydrogen) atoms. The number of hydrogen-bond acceptors (Lipinski definition) is 3. The first-order valence-corrected chi connectivity index (χ1v) is 7.16. The van der Waals surface area contributed by atoms with Gasteiger partial charge in [0.05, 0.1) is 6.07 Å². The minimum absolute atomic E-state index is 0.343. The SMILES string of the molecule is CC(C)NC(C)(C#N)CC(C)N(C)CC1CC1C. The Hall–Kier alpha value is -0.590. The van der Waals surface area contributed by atoms with Crippen molar-refractivity contribution >= 4 is 0 Å². The summed E-state index contributed by atoms with van der Waals surface area (Å²) in [5.41, 5.74) is -0.420. The van der Waals surface area contributed by atoms with Crippen molar-refractivity contribution in [1.82, 2.24) is 10.2 Å². The lowest BCUT2D eigenvalue weighted by molar-refractivity contribution is 0.200. The maximum atomic E-state index is 9.37. The summed E-state index contributed by atoms with van der Waals surface area (Å²) in [6.45, 7) is 11.9. The van der Waals surface area contributed by atoms with Gasteiger partial charge in [0.15, 0.2) is 0 Å². The first kappa shape index (κ1) is 15.5. The molecule has 1 rings (SSSR count). The number of nitrogens with zero attached hydrogens (tertiary/aromatic N) is 2. The molecule has 0 spiro atoms. The van der Waals surface area contributed by atoms with E-state index in [0.717, 1.165) is 18.3 Å². The third kappa shape index (κ3) is 4.59. The molecule has 0 radical (unpaired) electrons. The van der Waals surface area contributed by atoms with Crippen molar-refractivity contribution in [1.29, 1.82) is 5.26 Å². The fourth-order valence-electron chi connectivity index (χ4n) is 2.72. The van der Waals surface area contributed by atoms with Crippen molar-refractivity contribution < 1.29 is 0 Å². The van der Waals surface area contributed by atoms with Crippen LogP contribution in [0.15, 0.2) is 0 Å². The van der Waals surface area contributed by atoms with Crippen LogP contribution in [0.4, 0.5) is 0 Å². The van der Waals surface area contributed by atoms with Gasteiger partial charge in [-0.05, 0) is 59.4 Å². The van der Waals surface area contributed by atoms with Crippen molar-refractivity contribution in [3.8, 4) is 6.07 Å². The van der Waals surface area contributed by atoms with E-state index in [9.17, 15) is 5.26 Å². The minimum Gasteiger partial charge on any atom is -0.303 e. The standard InChI is InChI=1S/C15H29N3/c1-11(2)17-15(5,10-16)8-13(4)18(6)9-14-7-12(14)3/h11-14,17H,7-9H2,1-6H3. The first-order chi connectivity index (χ1) is 8.27. The molecule has 0 bridgehead atoms. The molecular weight excluding hydrogens is 222 g/mol. The molecule has 4 unspecified atom stereocenters. The molecule has 0 aliphatic heterocycles. The minimum atomic E-state index is -0.420. The van der Waals surface area contributed by atoms with Crippen LogP contribution >= 0.6 is 0 Å². The Morgan fingerprint density at radius 3 is 2.39 bits per heavy atom. The quantitative estimate of drug-likeness (QED) is 0.756. The van der Waals surface area contributed by atoms with E-state index >= 15 is 0 Å². The fourth-order valence-corrected chi connectivity index (χ4v) is 2.72. The molecule has 1 N–H and O–H groups in total. The zero-order valence-corrected chi connectivity index (χ0v) is 12.8. The summed E-state index contributed by atoms with van der Waals surface area (Å²) in [7, 11) is 2.18. The molecule has 0 heterocycles. The summed E-state index contributed by atoms with van der Waals surface area (Å²) in [4.78, 5) is 2.41. The number of nitriles is 1. The fraction of sp³-hybridized carbons (Fsp3) is 0.933. The third-order valence-corrected chi connectivity index (χ3v) is 4.11. The third-order valence-electron chi connectivity index (χ3n) is 4.11. The highest BCUT2D eigenvalue weighted by molar-refractivity contribution is 5.06. The van der Waals surface area contributed by atoms with Crippen LogP contribution in [-0.4, -0.2) is 36.1 Å². The summed E-state index contributed by atoms with van der Waals surface area (Å²) in [5, 5.41) is 12.8. The molecule has 1 aliphatic carbocycles. The highest BCUT2D eigenvalue weighted by atomic mass is 15.1. The van der Waals surface area contributed by atoms with Gasteiger partial charge in [-0.2, -0.15) is 5.26 Å². The summed E-state index contributed by atoms with van der Waals surface area (Å²) < 4.78 is 0. The highest BCUT2D eigenvalue weighted by Crippen LogP contribution is 2.38. The van der Waals surface area contributed by atoms with Crippen LogP contribution in [0, 0.1) is 23.2 Å². The molecule has 3 nitrogen and oxygen atoms in total. The van der Waals surface area contributed by atoms with Gasteiger partial charge in [0, 0.05) is 18.6 Å². The Balaban J connectivity index is 2.45. The van der Waals surface area contributed by atoms with Crippen molar-refractivity contribution in [3.05, 3.63) is 0 Å². The van der Waals surface area contributed by atoms with Crippen molar-refractivity contribution in [3.63, 3.8) is 0 Å². The molecule has 3 heteroatoms. The van der Waals surface area contributed by atoms with E-state index in [4.69, 9.17) is 0 Å². The second-order valence-corrected chi connectivity index (χ2v) is 6.71. The molecule has 0 aromatic heterocycles. The maximum Gasteiger partial charge on any atom is 0.105 e. The van der Waals surface area contributed by atoms with Crippen LogP contribution < -0.4 is 5.32 Å². The average molecular weight is 251 g/mol. The van der Waals surface area contributed by atoms with E-state index in [2.05, 4.69) is 51.0 Å². The Kier molecular flexibility index (Phi) is 5.19. The predicted molar refractivity (Wildman–Crippen MR) is 76.3 cm³/mol. The van der Waals surface area contributed by atoms with Gasteiger partial charge >= 0.3 is 0 Å². The van der Waals surface area contributed by atoms with E-state index in [-0.39, 0.29) is 0 Å². The van der Waals surface area contributed by atoms with Crippen LogP contribution in [0.3, 0.4) is 0 Å². The average Bonchev–Trinajstić information content (AvgIpc) is 2.92. The molecule has 0 aromatic carbocycles. The van der Waals surface area contributed by atoms with Crippen LogP contribution in [-0.2, 0) is 0 Å². The van der Waals surface area contributed by atoms with E-state index in [0.29, 0.717) is 12.1 Å². The molecule has 0 saturated heterocycles. The normalized spacial score (nSPS) is 27.9. The first-order valence-electron chi connectivity index (χ1n) is 7.16. The molecule has 104 valence electrons. The van der Waals surface area contributed by atoms with Gasteiger partial charge < -0.3 is 4.90 Å². The monoisotopic (exact) mass is 251 g/mol. The summed E-state index contributed by atoms with van der Waals surface area (Å²) in [6, 6.07) is 3.22. The summed E-state index contributed by atoms with van der Waals surface area (Å²) in [5.74, 6) is 1.78. The molecular formula is C15H29N3. The van der Waals surface area contributed by atoms with Gasteiger partial charge in [-0.25, -0.2) is 0 Å². The van der Waals surface area contributed by atoms with E-state index < -0.39 is 5.54 Å². The Labute approximate surface area is 113 Å². The zero-order chi connectivity index (χ0) is 13.9. The molecule has 0 aromatic rings. The topological polar surface area (TPSA) is 39.1 Å². The van der Waals surface area contributed by atoms with Crippen LogP contribution in [0.25, 0.3) is 0 Å². The Morgan fingerprint density at radius 1 is 1.44 bits per heavy atom. The molecule has 4 atom stereocenters. The van der Waals surface area contributed by atoms with Crippen LogP contribution in [0.2, 0.25) is 0 Å². The summed E-state index contributed by atoms with van der Waals surface area (Å²) >= 11 is 0.